The number of H-pyrrole nitrogens is 1. The van der Waals surface area contributed by atoms with Gasteiger partial charge in [0.1, 0.15) is 0 Å². The lowest BCUT2D eigenvalue weighted by molar-refractivity contribution is 0.120. The summed E-state index contributed by atoms with van der Waals surface area (Å²) >= 11 is 0. The van der Waals surface area contributed by atoms with Crippen LogP contribution in [0, 0.1) is 6.92 Å². The van der Waals surface area contributed by atoms with Gasteiger partial charge in [-0.15, -0.1) is 0 Å². The van der Waals surface area contributed by atoms with Gasteiger partial charge < -0.3 is 0 Å². The molecule has 2 aliphatic rings. The Morgan fingerprint density at radius 2 is 1.67 bits per heavy atom. The van der Waals surface area contributed by atoms with Crippen LogP contribution < -0.4 is 0 Å². The van der Waals surface area contributed by atoms with Crippen molar-refractivity contribution < 1.29 is 0 Å². The largest absolute Gasteiger partial charge is 0.297 e. The summed E-state index contributed by atoms with van der Waals surface area (Å²) in [5.41, 5.74) is 7.09. The van der Waals surface area contributed by atoms with E-state index in [9.17, 15) is 0 Å². The van der Waals surface area contributed by atoms with E-state index in [0.717, 1.165) is 39.3 Å². The Balaban J connectivity index is 1.32. The second-order valence-electron chi connectivity index (χ2n) is 7.31. The number of benzene rings is 1. The average Bonchev–Trinajstić information content (AvgIpc) is 3.02. The summed E-state index contributed by atoms with van der Waals surface area (Å²) in [4.78, 5) is 5.15. The Kier molecular flexibility index (Phi) is 4.67. The molecule has 0 unspecified atom stereocenters. The lowest BCUT2D eigenvalue weighted by Gasteiger charge is -2.34. The minimum absolute atomic E-state index is 1.02. The molecule has 1 aliphatic heterocycles. The molecule has 1 aromatic carbocycles. The maximum atomic E-state index is 4.61. The highest BCUT2D eigenvalue weighted by Gasteiger charge is 2.22. The lowest BCUT2D eigenvalue weighted by atomic mass is 9.96. The average molecular weight is 324 g/mol. The normalized spacial score (nSPS) is 19.4. The Labute approximate surface area is 144 Å². The monoisotopic (exact) mass is 324 g/mol. The van der Waals surface area contributed by atoms with E-state index in [1.807, 2.05) is 0 Å². The maximum Gasteiger partial charge on any atom is 0.0797 e. The number of rotatable bonds is 4. The van der Waals surface area contributed by atoms with Crippen LogP contribution in [-0.4, -0.2) is 46.2 Å². The van der Waals surface area contributed by atoms with Crippen LogP contribution in [0.3, 0.4) is 0 Å². The van der Waals surface area contributed by atoms with Crippen LogP contribution in [0.4, 0.5) is 0 Å². The molecule has 2 heterocycles. The number of piperazine rings is 1. The van der Waals surface area contributed by atoms with Gasteiger partial charge in [0.2, 0.25) is 0 Å². The molecule has 0 saturated carbocycles. The molecule has 0 amide bonds. The van der Waals surface area contributed by atoms with Crippen molar-refractivity contribution in [1.29, 1.82) is 0 Å². The van der Waals surface area contributed by atoms with Crippen LogP contribution >= 0.6 is 0 Å². The maximum absolute atomic E-state index is 4.61. The zero-order valence-electron chi connectivity index (χ0n) is 14.7. The number of aromatic amines is 1. The van der Waals surface area contributed by atoms with E-state index in [1.54, 1.807) is 0 Å². The van der Waals surface area contributed by atoms with Crippen LogP contribution in [0.2, 0.25) is 0 Å². The number of fused-ring (bicyclic) bond motifs is 1. The van der Waals surface area contributed by atoms with Gasteiger partial charge in [0, 0.05) is 45.0 Å². The summed E-state index contributed by atoms with van der Waals surface area (Å²) in [5, 5.41) is 7.89. The van der Waals surface area contributed by atoms with E-state index >= 15 is 0 Å². The van der Waals surface area contributed by atoms with Crippen molar-refractivity contribution in [3.63, 3.8) is 0 Å². The molecule has 2 aromatic rings. The molecule has 0 spiro atoms. The third kappa shape index (κ3) is 3.40. The second-order valence-corrected chi connectivity index (χ2v) is 7.31. The molecule has 0 atom stereocenters. The minimum atomic E-state index is 1.02. The van der Waals surface area contributed by atoms with Crippen LogP contribution in [0.15, 0.2) is 24.3 Å². The third-order valence-corrected chi connectivity index (χ3v) is 5.64. The highest BCUT2D eigenvalue weighted by Crippen LogP contribution is 2.23. The van der Waals surface area contributed by atoms with Crippen LogP contribution in [0.25, 0.3) is 0 Å². The Morgan fingerprint density at radius 3 is 2.46 bits per heavy atom. The summed E-state index contributed by atoms with van der Waals surface area (Å²) < 4.78 is 0. The topological polar surface area (TPSA) is 35.2 Å². The van der Waals surface area contributed by atoms with Crippen molar-refractivity contribution in [2.75, 3.05) is 26.2 Å². The molecule has 4 rings (SSSR count). The molecule has 1 saturated heterocycles. The number of nitrogens with one attached hydrogen (secondary N) is 1. The second kappa shape index (κ2) is 7.08. The first-order valence-corrected chi connectivity index (χ1v) is 9.34. The van der Waals surface area contributed by atoms with Gasteiger partial charge in [0.05, 0.1) is 5.69 Å². The first kappa shape index (κ1) is 15.9. The summed E-state index contributed by atoms with van der Waals surface area (Å²) in [6.45, 7) is 8.91. The molecular weight excluding hydrogens is 296 g/mol. The summed E-state index contributed by atoms with van der Waals surface area (Å²) in [7, 11) is 0. The zero-order valence-corrected chi connectivity index (χ0v) is 14.7. The van der Waals surface area contributed by atoms with E-state index in [2.05, 4.69) is 51.2 Å². The summed E-state index contributed by atoms with van der Waals surface area (Å²) in [6, 6.07) is 8.75. The molecule has 128 valence electrons. The molecule has 0 radical (unpaired) electrons. The first-order chi connectivity index (χ1) is 11.8. The standard InChI is InChI=1S/C20H28N4/c1-16-6-2-3-7-17(16)14-23-10-12-24(13-11-23)15-20-18-8-4-5-9-19(18)21-22-20/h2-3,6-7H,4-5,8-15H2,1H3,(H,21,22). The van der Waals surface area contributed by atoms with Gasteiger partial charge in [-0.2, -0.15) is 5.10 Å². The van der Waals surface area contributed by atoms with Gasteiger partial charge in [-0.1, -0.05) is 24.3 Å². The molecular formula is C20H28N4. The van der Waals surface area contributed by atoms with Gasteiger partial charge in [-0.3, -0.25) is 14.9 Å². The smallest absolute Gasteiger partial charge is 0.0797 e. The highest BCUT2D eigenvalue weighted by molar-refractivity contribution is 5.28. The van der Waals surface area contributed by atoms with E-state index in [0.29, 0.717) is 0 Å². The van der Waals surface area contributed by atoms with E-state index < -0.39 is 0 Å². The Hall–Kier alpha value is -1.65. The van der Waals surface area contributed by atoms with Crippen molar-refractivity contribution in [1.82, 2.24) is 20.0 Å². The predicted molar refractivity (Wildman–Crippen MR) is 97.0 cm³/mol. The number of aromatic nitrogens is 2. The third-order valence-electron chi connectivity index (χ3n) is 5.64. The van der Waals surface area contributed by atoms with Crippen molar-refractivity contribution >= 4 is 0 Å². The van der Waals surface area contributed by atoms with Crippen molar-refractivity contribution in [2.45, 2.75) is 45.7 Å². The van der Waals surface area contributed by atoms with Crippen molar-refractivity contribution in [3.05, 3.63) is 52.3 Å². The molecule has 1 fully saturated rings. The van der Waals surface area contributed by atoms with E-state index in [4.69, 9.17) is 0 Å². The Morgan fingerprint density at radius 1 is 0.958 bits per heavy atom. The molecule has 1 aliphatic carbocycles. The van der Waals surface area contributed by atoms with E-state index in [-0.39, 0.29) is 0 Å². The molecule has 24 heavy (non-hydrogen) atoms. The van der Waals surface area contributed by atoms with Gasteiger partial charge in [-0.05, 0) is 49.3 Å². The van der Waals surface area contributed by atoms with Gasteiger partial charge >= 0.3 is 0 Å². The fraction of sp³-hybridized carbons (Fsp3) is 0.550. The quantitative estimate of drug-likeness (QED) is 0.939. The fourth-order valence-electron chi connectivity index (χ4n) is 4.03. The summed E-state index contributed by atoms with van der Waals surface area (Å²) in [6.07, 6.45) is 5.04. The number of aryl methyl sites for hydroxylation is 2. The zero-order chi connectivity index (χ0) is 16.4. The van der Waals surface area contributed by atoms with E-state index in [1.165, 1.54) is 53.8 Å². The molecule has 4 heteroatoms. The number of hydrogen-bond acceptors (Lipinski definition) is 3. The minimum Gasteiger partial charge on any atom is -0.297 e. The molecule has 1 N–H and O–H groups in total. The lowest BCUT2D eigenvalue weighted by Crippen LogP contribution is -2.45. The van der Waals surface area contributed by atoms with Gasteiger partial charge in [0.25, 0.3) is 0 Å². The van der Waals surface area contributed by atoms with Gasteiger partial charge in [0.15, 0.2) is 0 Å². The number of nitrogens with zero attached hydrogens (tertiary/aromatic N) is 3. The van der Waals surface area contributed by atoms with Crippen LogP contribution in [0.5, 0.6) is 0 Å². The first-order valence-electron chi connectivity index (χ1n) is 9.34. The van der Waals surface area contributed by atoms with Crippen LogP contribution in [-0.2, 0) is 25.9 Å². The van der Waals surface area contributed by atoms with Gasteiger partial charge in [-0.25, -0.2) is 0 Å². The fourth-order valence-corrected chi connectivity index (χ4v) is 4.03. The molecule has 0 bridgehead atoms. The highest BCUT2D eigenvalue weighted by atomic mass is 15.3. The number of hydrogen-bond donors (Lipinski definition) is 1. The summed E-state index contributed by atoms with van der Waals surface area (Å²) in [5.74, 6) is 0. The van der Waals surface area contributed by atoms with Crippen molar-refractivity contribution in [3.8, 4) is 0 Å². The molecule has 1 aromatic heterocycles. The molecule has 4 nitrogen and oxygen atoms in total. The van der Waals surface area contributed by atoms with Crippen molar-refractivity contribution in [2.24, 2.45) is 0 Å². The van der Waals surface area contributed by atoms with Crippen LogP contribution in [0.1, 0.15) is 40.9 Å². The SMILES string of the molecule is Cc1ccccc1CN1CCN(Cc2n[nH]c3c2CCCC3)CC1. The Bertz CT molecular complexity index is 683. The predicted octanol–water partition coefficient (Wildman–Crippen LogP) is 2.91.